The zero-order valence-electron chi connectivity index (χ0n) is 12.4. The van der Waals surface area contributed by atoms with Gasteiger partial charge < -0.3 is 4.90 Å². The number of aryl methyl sites for hydroxylation is 2. The zero-order valence-corrected chi connectivity index (χ0v) is 13.2. The van der Waals surface area contributed by atoms with Crippen molar-refractivity contribution in [1.82, 2.24) is 15.0 Å². The molecule has 4 nitrogen and oxygen atoms in total. The van der Waals surface area contributed by atoms with Gasteiger partial charge in [-0.3, -0.25) is 0 Å². The van der Waals surface area contributed by atoms with Gasteiger partial charge in [-0.15, -0.1) is 0 Å². The van der Waals surface area contributed by atoms with Gasteiger partial charge in [0.2, 0.25) is 11.2 Å². The van der Waals surface area contributed by atoms with Gasteiger partial charge in [0.15, 0.2) is 5.82 Å². The molecule has 110 valence electrons. The van der Waals surface area contributed by atoms with E-state index in [9.17, 15) is 0 Å². The van der Waals surface area contributed by atoms with Crippen LogP contribution in [0.4, 0.5) is 5.95 Å². The van der Waals surface area contributed by atoms with E-state index in [1.165, 1.54) is 24.8 Å². The van der Waals surface area contributed by atoms with E-state index in [1.54, 1.807) is 0 Å². The van der Waals surface area contributed by atoms with Crippen molar-refractivity contribution in [3.8, 4) is 11.4 Å². The molecule has 0 radical (unpaired) electrons. The van der Waals surface area contributed by atoms with E-state index in [4.69, 9.17) is 11.6 Å². The van der Waals surface area contributed by atoms with Crippen LogP contribution in [0.3, 0.4) is 0 Å². The number of piperidine rings is 1. The molecule has 3 rings (SSSR count). The molecule has 1 aromatic carbocycles. The van der Waals surface area contributed by atoms with Gasteiger partial charge in [0, 0.05) is 18.7 Å². The molecule has 0 atom stereocenters. The van der Waals surface area contributed by atoms with E-state index < -0.39 is 0 Å². The second-order valence-electron chi connectivity index (χ2n) is 5.59. The van der Waals surface area contributed by atoms with Gasteiger partial charge in [0.1, 0.15) is 0 Å². The fraction of sp³-hybridized carbons (Fsp3) is 0.438. The summed E-state index contributed by atoms with van der Waals surface area (Å²) in [5.41, 5.74) is 3.40. The SMILES string of the molecule is Cc1ccc(-c2nc(Cl)nc(N3CCCCC3)n2)c(C)c1. The lowest BCUT2D eigenvalue weighted by Crippen LogP contribution is -2.31. The average molecular weight is 303 g/mol. The number of rotatable bonds is 2. The van der Waals surface area contributed by atoms with Crippen LogP contribution >= 0.6 is 11.6 Å². The van der Waals surface area contributed by atoms with Gasteiger partial charge >= 0.3 is 0 Å². The first kappa shape index (κ1) is 14.3. The molecular weight excluding hydrogens is 284 g/mol. The molecule has 0 N–H and O–H groups in total. The van der Waals surface area contributed by atoms with Crippen molar-refractivity contribution < 1.29 is 0 Å². The second kappa shape index (κ2) is 5.98. The first-order chi connectivity index (χ1) is 10.1. The monoisotopic (exact) mass is 302 g/mol. The lowest BCUT2D eigenvalue weighted by molar-refractivity contribution is 0.567. The van der Waals surface area contributed by atoms with E-state index in [-0.39, 0.29) is 5.28 Å². The molecule has 2 heterocycles. The summed E-state index contributed by atoms with van der Waals surface area (Å²) in [6.07, 6.45) is 3.64. The highest BCUT2D eigenvalue weighted by Gasteiger charge is 2.17. The van der Waals surface area contributed by atoms with E-state index in [2.05, 4.69) is 51.9 Å². The molecule has 1 aromatic heterocycles. The largest absolute Gasteiger partial charge is 0.341 e. The van der Waals surface area contributed by atoms with Crippen molar-refractivity contribution >= 4 is 17.5 Å². The van der Waals surface area contributed by atoms with Crippen LogP contribution in [0.5, 0.6) is 0 Å². The fourth-order valence-corrected chi connectivity index (χ4v) is 2.92. The molecule has 1 saturated heterocycles. The molecule has 0 unspecified atom stereocenters. The Morgan fingerprint density at radius 2 is 1.76 bits per heavy atom. The lowest BCUT2D eigenvalue weighted by atomic mass is 10.1. The average Bonchev–Trinajstić information content (AvgIpc) is 2.47. The van der Waals surface area contributed by atoms with E-state index >= 15 is 0 Å². The van der Waals surface area contributed by atoms with Gasteiger partial charge in [-0.1, -0.05) is 23.8 Å². The van der Waals surface area contributed by atoms with Gasteiger partial charge in [0.25, 0.3) is 0 Å². The minimum atomic E-state index is 0.264. The van der Waals surface area contributed by atoms with Gasteiger partial charge in [-0.25, -0.2) is 0 Å². The van der Waals surface area contributed by atoms with Crippen LogP contribution in [0.2, 0.25) is 5.28 Å². The topological polar surface area (TPSA) is 41.9 Å². The van der Waals surface area contributed by atoms with Gasteiger partial charge in [-0.05, 0) is 50.3 Å². The maximum atomic E-state index is 6.11. The Labute approximate surface area is 130 Å². The predicted octanol–water partition coefficient (Wildman–Crippen LogP) is 3.80. The second-order valence-corrected chi connectivity index (χ2v) is 5.93. The van der Waals surface area contributed by atoms with Crippen LogP contribution in [0.1, 0.15) is 30.4 Å². The molecule has 1 aliphatic heterocycles. The summed E-state index contributed by atoms with van der Waals surface area (Å²) in [4.78, 5) is 15.4. The van der Waals surface area contributed by atoms with Crippen molar-refractivity contribution in [2.75, 3.05) is 18.0 Å². The Balaban J connectivity index is 2.00. The first-order valence-corrected chi connectivity index (χ1v) is 7.75. The van der Waals surface area contributed by atoms with E-state index in [0.717, 1.165) is 24.2 Å². The number of anilines is 1. The summed E-state index contributed by atoms with van der Waals surface area (Å²) in [5.74, 6) is 1.36. The zero-order chi connectivity index (χ0) is 14.8. The van der Waals surface area contributed by atoms with Crippen molar-refractivity contribution in [2.24, 2.45) is 0 Å². The Morgan fingerprint density at radius 3 is 2.48 bits per heavy atom. The summed E-state index contributed by atoms with van der Waals surface area (Å²) in [6.45, 7) is 6.14. The third kappa shape index (κ3) is 3.16. The standard InChI is InChI=1S/C16H19ClN4/c1-11-6-7-13(12(2)10-11)14-18-15(17)20-16(19-14)21-8-4-3-5-9-21/h6-7,10H,3-5,8-9H2,1-2H3. The van der Waals surface area contributed by atoms with Crippen molar-refractivity contribution in [1.29, 1.82) is 0 Å². The summed E-state index contributed by atoms with van der Waals surface area (Å²) in [6, 6.07) is 6.25. The fourth-order valence-electron chi connectivity index (χ4n) is 2.76. The van der Waals surface area contributed by atoms with Crippen LogP contribution in [-0.2, 0) is 0 Å². The maximum Gasteiger partial charge on any atom is 0.230 e. The normalized spacial score (nSPS) is 15.3. The van der Waals surface area contributed by atoms with Crippen LogP contribution < -0.4 is 4.90 Å². The number of aromatic nitrogens is 3. The minimum absolute atomic E-state index is 0.264. The number of benzene rings is 1. The van der Waals surface area contributed by atoms with Crippen molar-refractivity contribution in [2.45, 2.75) is 33.1 Å². The summed E-state index contributed by atoms with van der Waals surface area (Å²) in [7, 11) is 0. The molecule has 1 aliphatic rings. The predicted molar refractivity (Wildman–Crippen MR) is 85.8 cm³/mol. The molecular formula is C16H19ClN4. The number of nitrogens with zero attached hydrogens (tertiary/aromatic N) is 4. The highest BCUT2D eigenvalue weighted by molar-refractivity contribution is 6.28. The third-order valence-electron chi connectivity index (χ3n) is 3.86. The van der Waals surface area contributed by atoms with Gasteiger partial charge in [0.05, 0.1) is 0 Å². The molecule has 5 heteroatoms. The smallest absolute Gasteiger partial charge is 0.230 e. The Kier molecular flexibility index (Phi) is 4.06. The minimum Gasteiger partial charge on any atom is -0.341 e. The Morgan fingerprint density at radius 1 is 1.00 bits per heavy atom. The molecule has 0 aliphatic carbocycles. The molecule has 1 fully saturated rings. The first-order valence-electron chi connectivity index (χ1n) is 7.37. The molecule has 2 aromatic rings. The highest BCUT2D eigenvalue weighted by Crippen LogP contribution is 2.24. The lowest BCUT2D eigenvalue weighted by Gasteiger charge is -2.26. The Hall–Kier alpha value is -1.68. The molecule has 21 heavy (non-hydrogen) atoms. The Bertz CT molecular complexity index is 651. The molecule has 0 spiro atoms. The van der Waals surface area contributed by atoms with Crippen molar-refractivity contribution in [3.05, 3.63) is 34.6 Å². The van der Waals surface area contributed by atoms with Crippen LogP contribution in [0, 0.1) is 13.8 Å². The summed E-state index contributed by atoms with van der Waals surface area (Å²) >= 11 is 6.11. The maximum absolute atomic E-state index is 6.11. The van der Waals surface area contributed by atoms with E-state index in [1.807, 2.05) is 0 Å². The summed E-state index contributed by atoms with van der Waals surface area (Å²) in [5, 5.41) is 0.264. The molecule has 0 bridgehead atoms. The van der Waals surface area contributed by atoms with Gasteiger partial charge in [-0.2, -0.15) is 15.0 Å². The quantitative estimate of drug-likeness (QED) is 0.846. The molecule has 0 saturated carbocycles. The third-order valence-corrected chi connectivity index (χ3v) is 4.03. The van der Waals surface area contributed by atoms with E-state index in [0.29, 0.717) is 11.8 Å². The van der Waals surface area contributed by atoms with Crippen LogP contribution in [0.25, 0.3) is 11.4 Å². The molecule has 0 amide bonds. The number of hydrogen-bond acceptors (Lipinski definition) is 4. The van der Waals surface area contributed by atoms with Crippen molar-refractivity contribution in [3.63, 3.8) is 0 Å². The van der Waals surface area contributed by atoms with Crippen LogP contribution in [0.15, 0.2) is 18.2 Å². The number of hydrogen-bond donors (Lipinski definition) is 0. The summed E-state index contributed by atoms with van der Waals surface area (Å²) < 4.78 is 0. The number of halogens is 1. The highest BCUT2D eigenvalue weighted by atomic mass is 35.5. The van der Waals surface area contributed by atoms with Crippen LogP contribution in [-0.4, -0.2) is 28.0 Å².